The molecule has 2 aromatic carbocycles. The van der Waals surface area contributed by atoms with E-state index < -0.39 is 15.9 Å². The van der Waals surface area contributed by atoms with E-state index in [2.05, 4.69) is 20.4 Å². The molecule has 2 aromatic heterocycles. The SMILES string of the molecule is Cc1ccc(-c2cc(C(=O)Nc3ccc(S(=O)(=O)Nc4onc(C)c4C)cc3)no2)cc1C. The molecular weight excluding hydrogens is 444 g/mol. The summed E-state index contributed by atoms with van der Waals surface area (Å²) < 4.78 is 37.9. The van der Waals surface area contributed by atoms with Crippen molar-refractivity contribution in [2.45, 2.75) is 32.6 Å². The van der Waals surface area contributed by atoms with Crippen molar-refractivity contribution < 1.29 is 22.3 Å². The fraction of sp³-hybridized carbons (Fsp3) is 0.174. The van der Waals surface area contributed by atoms with Gasteiger partial charge >= 0.3 is 0 Å². The Morgan fingerprint density at radius 3 is 2.24 bits per heavy atom. The van der Waals surface area contributed by atoms with Crippen molar-refractivity contribution in [2.75, 3.05) is 10.0 Å². The third-order valence-corrected chi connectivity index (χ3v) is 6.69. The van der Waals surface area contributed by atoms with Gasteiger partial charge in [0.05, 0.1) is 10.6 Å². The summed E-state index contributed by atoms with van der Waals surface area (Å²) >= 11 is 0. The molecule has 0 unspecified atom stereocenters. The number of carbonyl (C=O) groups is 1. The second kappa shape index (κ2) is 8.55. The molecule has 2 N–H and O–H groups in total. The molecule has 33 heavy (non-hydrogen) atoms. The molecule has 170 valence electrons. The van der Waals surface area contributed by atoms with E-state index in [0.717, 1.165) is 16.7 Å². The van der Waals surface area contributed by atoms with Gasteiger partial charge in [-0.05, 0) is 69.2 Å². The van der Waals surface area contributed by atoms with E-state index in [1.54, 1.807) is 19.9 Å². The van der Waals surface area contributed by atoms with Gasteiger partial charge in [-0.15, -0.1) is 0 Å². The molecule has 0 aliphatic heterocycles. The van der Waals surface area contributed by atoms with Crippen LogP contribution < -0.4 is 10.0 Å². The highest BCUT2D eigenvalue weighted by atomic mass is 32.2. The Bertz CT molecular complexity index is 1440. The van der Waals surface area contributed by atoms with Crippen LogP contribution in [0, 0.1) is 27.7 Å². The van der Waals surface area contributed by atoms with Crippen LogP contribution in [-0.4, -0.2) is 24.6 Å². The summed E-state index contributed by atoms with van der Waals surface area (Å²) in [5.41, 5.74) is 4.80. The molecule has 0 bridgehead atoms. The van der Waals surface area contributed by atoms with Gasteiger partial charge in [-0.2, -0.15) is 0 Å². The van der Waals surface area contributed by atoms with Crippen molar-refractivity contribution in [3.63, 3.8) is 0 Å². The Labute approximate surface area is 190 Å². The minimum absolute atomic E-state index is 0.00687. The number of nitrogens with zero attached hydrogens (tertiary/aromatic N) is 2. The number of carbonyl (C=O) groups excluding carboxylic acids is 1. The van der Waals surface area contributed by atoms with Gasteiger partial charge in [0, 0.05) is 22.9 Å². The lowest BCUT2D eigenvalue weighted by Gasteiger charge is -2.07. The second-order valence-corrected chi connectivity index (χ2v) is 9.36. The Hall–Kier alpha value is -3.92. The summed E-state index contributed by atoms with van der Waals surface area (Å²) in [6.07, 6.45) is 0. The van der Waals surface area contributed by atoms with Gasteiger partial charge in [0.1, 0.15) is 0 Å². The first-order chi connectivity index (χ1) is 15.6. The molecule has 2 heterocycles. The van der Waals surface area contributed by atoms with E-state index in [0.29, 0.717) is 22.7 Å². The first-order valence-electron chi connectivity index (χ1n) is 10.1. The zero-order valence-corrected chi connectivity index (χ0v) is 19.3. The molecule has 0 aliphatic carbocycles. The number of nitrogens with one attached hydrogen (secondary N) is 2. The lowest BCUT2D eigenvalue weighted by Crippen LogP contribution is -2.14. The van der Waals surface area contributed by atoms with E-state index >= 15 is 0 Å². The van der Waals surface area contributed by atoms with Crippen molar-refractivity contribution in [1.29, 1.82) is 0 Å². The summed E-state index contributed by atoms with van der Waals surface area (Å²) in [5.74, 6) is 0.0690. The highest BCUT2D eigenvalue weighted by Crippen LogP contribution is 2.25. The van der Waals surface area contributed by atoms with Crippen molar-refractivity contribution in [3.8, 4) is 11.3 Å². The van der Waals surface area contributed by atoms with E-state index in [1.807, 2.05) is 32.0 Å². The van der Waals surface area contributed by atoms with Crippen LogP contribution in [0.25, 0.3) is 11.3 Å². The van der Waals surface area contributed by atoms with Gasteiger partial charge in [-0.25, -0.2) is 13.1 Å². The molecule has 0 radical (unpaired) electrons. The summed E-state index contributed by atoms with van der Waals surface area (Å²) in [7, 11) is -3.88. The maximum Gasteiger partial charge on any atom is 0.277 e. The minimum atomic E-state index is -3.88. The van der Waals surface area contributed by atoms with E-state index in [-0.39, 0.29) is 16.5 Å². The van der Waals surface area contributed by atoms with Gasteiger partial charge in [0.25, 0.3) is 15.9 Å². The van der Waals surface area contributed by atoms with Crippen LogP contribution >= 0.6 is 0 Å². The molecule has 0 atom stereocenters. The van der Waals surface area contributed by atoms with Crippen LogP contribution in [0.1, 0.15) is 32.9 Å². The van der Waals surface area contributed by atoms with Gasteiger partial charge < -0.3 is 14.4 Å². The number of aromatic nitrogens is 2. The maximum atomic E-state index is 12.6. The van der Waals surface area contributed by atoms with Gasteiger partial charge in [0.2, 0.25) is 5.88 Å². The third kappa shape index (κ3) is 4.65. The number of benzene rings is 2. The zero-order chi connectivity index (χ0) is 23.8. The Kier molecular flexibility index (Phi) is 5.77. The monoisotopic (exact) mass is 466 g/mol. The van der Waals surface area contributed by atoms with E-state index in [1.165, 1.54) is 24.3 Å². The number of hydrogen-bond donors (Lipinski definition) is 2. The zero-order valence-electron chi connectivity index (χ0n) is 18.5. The highest BCUT2D eigenvalue weighted by Gasteiger charge is 2.20. The van der Waals surface area contributed by atoms with E-state index in [4.69, 9.17) is 9.05 Å². The topological polar surface area (TPSA) is 127 Å². The summed E-state index contributed by atoms with van der Waals surface area (Å²) in [4.78, 5) is 12.6. The maximum absolute atomic E-state index is 12.6. The minimum Gasteiger partial charge on any atom is -0.355 e. The predicted octanol–water partition coefficient (Wildman–Crippen LogP) is 4.62. The Morgan fingerprint density at radius 2 is 1.61 bits per heavy atom. The quantitative estimate of drug-likeness (QED) is 0.424. The molecule has 4 rings (SSSR count). The standard InChI is InChI=1S/C23H22N4O5S/c1-13-5-6-17(11-14(13)2)21-12-20(26-31-21)22(28)24-18-7-9-19(10-8-18)33(29,30)27-23-15(3)16(4)25-32-23/h5-12,27H,1-4H3,(H,24,28). The summed E-state index contributed by atoms with van der Waals surface area (Å²) in [6, 6.07) is 13.1. The first-order valence-corrected chi connectivity index (χ1v) is 11.5. The largest absolute Gasteiger partial charge is 0.355 e. The number of sulfonamides is 1. The Balaban J connectivity index is 1.46. The molecule has 4 aromatic rings. The second-order valence-electron chi connectivity index (χ2n) is 7.68. The fourth-order valence-corrected chi connectivity index (χ4v) is 4.06. The lowest BCUT2D eigenvalue weighted by molar-refractivity contribution is 0.101. The molecule has 10 heteroatoms. The summed E-state index contributed by atoms with van der Waals surface area (Å²) in [6.45, 7) is 7.43. The van der Waals surface area contributed by atoms with Crippen molar-refractivity contribution in [1.82, 2.24) is 10.3 Å². The van der Waals surface area contributed by atoms with Crippen molar-refractivity contribution in [3.05, 3.63) is 76.6 Å². The van der Waals surface area contributed by atoms with Crippen molar-refractivity contribution in [2.24, 2.45) is 0 Å². The molecule has 0 fully saturated rings. The normalized spacial score (nSPS) is 11.4. The summed E-state index contributed by atoms with van der Waals surface area (Å²) in [5, 5.41) is 10.3. The third-order valence-electron chi connectivity index (χ3n) is 5.34. The molecule has 1 amide bonds. The lowest BCUT2D eigenvalue weighted by atomic mass is 10.0. The van der Waals surface area contributed by atoms with Crippen LogP contribution in [0.15, 0.2) is 62.5 Å². The predicted molar refractivity (Wildman–Crippen MR) is 123 cm³/mol. The molecule has 0 aliphatic rings. The van der Waals surface area contributed by atoms with Crippen LogP contribution in [0.5, 0.6) is 0 Å². The number of amides is 1. The smallest absolute Gasteiger partial charge is 0.277 e. The molecule has 0 saturated carbocycles. The van der Waals surface area contributed by atoms with E-state index in [9.17, 15) is 13.2 Å². The average molecular weight is 467 g/mol. The van der Waals surface area contributed by atoms with Crippen molar-refractivity contribution >= 4 is 27.5 Å². The van der Waals surface area contributed by atoms with Gasteiger partial charge in [-0.1, -0.05) is 22.4 Å². The molecule has 0 saturated heterocycles. The van der Waals surface area contributed by atoms with Crippen LogP contribution in [0.4, 0.5) is 11.6 Å². The number of anilines is 2. The first kappa shape index (κ1) is 22.3. The van der Waals surface area contributed by atoms with Crippen LogP contribution in [0.3, 0.4) is 0 Å². The number of rotatable bonds is 6. The fourth-order valence-electron chi connectivity index (χ4n) is 3.02. The number of aryl methyl sites for hydroxylation is 3. The number of hydrogen-bond acceptors (Lipinski definition) is 7. The van der Waals surface area contributed by atoms with Crippen LogP contribution in [-0.2, 0) is 10.0 Å². The van der Waals surface area contributed by atoms with Gasteiger partial charge in [0.15, 0.2) is 11.5 Å². The molecule has 0 spiro atoms. The highest BCUT2D eigenvalue weighted by molar-refractivity contribution is 7.92. The Morgan fingerprint density at radius 1 is 0.879 bits per heavy atom. The van der Waals surface area contributed by atoms with Crippen LogP contribution in [0.2, 0.25) is 0 Å². The molecular formula is C23H22N4O5S. The van der Waals surface area contributed by atoms with Gasteiger partial charge in [-0.3, -0.25) is 4.79 Å². The molecule has 9 nitrogen and oxygen atoms in total. The average Bonchev–Trinajstić information content (AvgIpc) is 3.39.